The normalized spacial score (nSPS) is 11.3. The number of ether oxygens (including phenoxy) is 8. The molecule has 0 amide bonds. The molecule has 0 aromatic heterocycles. The Labute approximate surface area is 284 Å². The standard InChI is InChI=1S/C36H65NO10/c1-2-3-4-5-6-7-8-9-10-11-12-13-14-15-20-40-21-22-41-23-24-42-25-26-43-27-28-44-29-30-45-31-32-46-33-34-47-36-18-16-35(17-19-36)37(38)39/h16-19H,2-15,20-34H2,1H3. The van der Waals surface area contributed by atoms with Gasteiger partial charge in [-0.2, -0.15) is 0 Å². The second-order valence-corrected chi connectivity index (χ2v) is 11.5. The smallest absolute Gasteiger partial charge is 0.269 e. The van der Waals surface area contributed by atoms with E-state index < -0.39 is 4.92 Å². The molecule has 0 N–H and O–H groups in total. The molecule has 0 aliphatic heterocycles. The van der Waals surface area contributed by atoms with Gasteiger partial charge in [0.2, 0.25) is 0 Å². The Morgan fingerprint density at radius 3 is 1.06 bits per heavy atom. The number of benzene rings is 1. The minimum absolute atomic E-state index is 0.0334. The monoisotopic (exact) mass is 671 g/mol. The van der Waals surface area contributed by atoms with Gasteiger partial charge in [-0.25, -0.2) is 0 Å². The summed E-state index contributed by atoms with van der Waals surface area (Å²) in [7, 11) is 0. The fraction of sp³-hybridized carbons (Fsp3) is 0.833. The van der Waals surface area contributed by atoms with E-state index in [4.69, 9.17) is 37.9 Å². The van der Waals surface area contributed by atoms with Crippen molar-refractivity contribution in [2.75, 3.05) is 99.1 Å². The number of unbranched alkanes of at least 4 members (excludes halogenated alkanes) is 13. The summed E-state index contributed by atoms with van der Waals surface area (Å²) in [6.07, 6.45) is 19.2. The van der Waals surface area contributed by atoms with Crippen molar-refractivity contribution in [3.05, 3.63) is 34.4 Å². The van der Waals surface area contributed by atoms with E-state index in [1.165, 1.54) is 95.6 Å². The molecule has 1 rings (SSSR count). The van der Waals surface area contributed by atoms with Crippen LogP contribution in [0.15, 0.2) is 24.3 Å². The number of hydrogen-bond donors (Lipinski definition) is 0. The van der Waals surface area contributed by atoms with Crippen LogP contribution in [-0.2, 0) is 33.2 Å². The van der Waals surface area contributed by atoms with Gasteiger partial charge in [-0.05, 0) is 18.6 Å². The Morgan fingerprint density at radius 2 is 0.723 bits per heavy atom. The lowest BCUT2D eigenvalue weighted by atomic mass is 10.0. The van der Waals surface area contributed by atoms with Gasteiger partial charge in [-0.1, -0.05) is 90.4 Å². The number of nitrogens with zero attached hydrogens (tertiary/aromatic N) is 1. The molecular formula is C36H65NO10. The molecule has 1 aromatic rings. The van der Waals surface area contributed by atoms with Crippen LogP contribution >= 0.6 is 0 Å². The molecule has 0 radical (unpaired) electrons. The van der Waals surface area contributed by atoms with Crippen molar-refractivity contribution in [2.24, 2.45) is 0 Å². The Hall–Kier alpha value is -1.86. The zero-order valence-electron chi connectivity index (χ0n) is 29.3. The summed E-state index contributed by atoms with van der Waals surface area (Å²) in [4.78, 5) is 10.2. The quantitative estimate of drug-likeness (QED) is 0.0396. The minimum atomic E-state index is -0.444. The van der Waals surface area contributed by atoms with Gasteiger partial charge >= 0.3 is 0 Å². The largest absolute Gasteiger partial charge is 0.491 e. The van der Waals surface area contributed by atoms with Crippen molar-refractivity contribution >= 4 is 5.69 Å². The number of rotatable bonds is 38. The van der Waals surface area contributed by atoms with Crippen LogP contribution in [0, 0.1) is 10.1 Å². The van der Waals surface area contributed by atoms with E-state index in [0.29, 0.717) is 98.2 Å². The highest BCUT2D eigenvalue weighted by Gasteiger charge is 2.04. The summed E-state index contributed by atoms with van der Waals surface area (Å²) in [5.74, 6) is 0.566. The Kier molecular flexibility index (Phi) is 32.6. The molecule has 0 aliphatic carbocycles. The molecule has 11 nitrogen and oxygen atoms in total. The van der Waals surface area contributed by atoms with Crippen LogP contribution in [0.4, 0.5) is 5.69 Å². The summed E-state index contributed by atoms with van der Waals surface area (Å²) in [5, 5.41) is 10.6. The molecule has 0 aliphatic rings. The highest BCUT2D eigenvalue weighted by Crippen LogP contribution is 2.17. The average Bonchev–Trinajstić information content (AvgIpc) is 3.08. The molecule has 0 saturated carbocycles. The fourth-order valence-corrected chi connectivity index (χ4v) is 4.70. The molecule has 11 heteroatoms. The number of non-ortho nitro benzene ring substituents is 1. The van der Waals surface area contributed by atoms with Gasteiger partial charge in [0.05, 0.1) is 90.8 Å². The lowest BCUT2D eigenvalue weighted by Gasteiger charge is -2.09. The van der Waals surface area contributed by atoms with E-state index in [1.54, 1.807) is 12.1 Å². The van der Waals surface area contributed by atoms with Gasteiger partial charge in [-0.3, -0.25) is 10.1 Å². The van der Waals surface area contributed by atoms with Gasteiger partial charge in [0.25, 0.3) is 5.69 Å². The van der Waals surface area contributed by atoms with Gasteiger partial charge in [0.1, 0.15) is 12.4 Å². The molecule has 0 bridgehead atoms. The molecule has 0 heterocycles. The lowest BCUT2D eigenvalue weighted by Crippen LogP contribution is -2.15. The van der Waals surface area contributed by atoms with Crippen molar-refractivity contribution < 1.29 is 42.8 Å². The molecule has 0 unspecified atom stereocenters. The molecule has 0 atom stereocenters. The Bertz CT molecular complexity index is 784. The van der Waals surface area contributed by atoms with Crippen molar-refractivity contribution in [1.82, 2.24) is 0 Å². The van der Waals surface area contributed by atoms with Crippen LogP contribution < -0.4 is 4.74 Å². The van der Waals surface area contributed by atoms with Gasteiger partial charge in [0.15, 0.2) is 0 Å². The third-order valence-electron chi connectivity index (χ3n) is 7.42. The van der Waals surface area contributed by atoms with Gasteiger partial charge < -0.3 is 37.9 Å². The minimum Gasteiger partial charge on any atom is -0.491 e. The maximum absolute atomic E-state index is 10.6. The second kappa shape index (κ2) is 35.4. The SMILES string of the molecule is CCCCCCCCCCCCCCCCOCCOCCOCCOCCOCCOCCOCCOc1ccc([N+](=O)[O-])cc1. The molecule has 0 fully saturated rings. The molecule has 0 saturated heterocycles. The summed E-state index contributed by atoms with van der Waals surface area (Å²) >= 11 is 0. The van der Waals surface area contributed by atoms with Crippen LogP contribution in [0.1, 0.15) is 96.8 Å². The average molecular weight is 672 g/mol. The summed E-state index contributed by atoms with van der Waals surface area (Å²) in [5.41, 5.74) is 0.0334. The highest BCUT2D eigenvalue weighted by atomic mass is 16.6. The Morgan fingerprint density at radius 1 is 0.426 bits per heavy atom. The zero-order chi connectivity index (χ0) is 33.7. The first-order chi connectivity index (χ1) is 23.2. The third-order valence-corrected chi connectivity index (χ3v) is 7.42. The van der Waals surface area contributed by atoms with Crippen LogP contribution in [0.3, 0.4) is 0 Å². The van der Waals surface area contributed by atoms with Crippen molar-refractivity contribution in [2.45, 2.75) is 96.8 Å². The number of hydrogen-bond acceptors (Lipinski definition) is 10. The second-order valence-electron chi connectivity index (χ2n) is 11.5. The Balaban J connectivity index is 1.64. The van der Waals surface area contributed by atoms with Crippen LogP contribution in [0.25, 0.3) is 0 Å². The van der Waals surface area contributed by atoms with Crippen LogP contribution in [0.5, 0.6) is 5.75 Å². The number of nitro benzene ring substituents is 1. The van der Waals surface area contributed by atoms with Crippen molar-refractivity contribution in [3.8, 4) is 5.75 Å². The number of nitro groups is 1. The summed E-state index contributed by atoms with van der Waals surface area (Å²) < 4.78 is 44.1. The van der Waals surface area contributed by atoms with Crippen LogP contribution in [0.2, 0.25) is 0 Å². The molecule has 274 valence electrons. The third kappa shape index (κ3) is 31.2. The summed E-state index contributed by atoms with van der Waals surface area (Å²) in [6.45, 7) is 10.2. The lowest BCUT2D eigenvalue weighted by molar-refractivity contribution is -0.384. The van der Waals surface area contributed by atoms with E-state index in [0.717, 1.165) is 13.0 Å². The predicted molar refractivity (Wildman–Crippen MR) is 185 cm³/mol. The topological polar surface area (TPSA) is 117 Å². The van der Waals surface area contributed by atoms with E-state index in [2.05, 4.69) is 6.92 Å². The zero-order valence-corrected chi connectivity index (χ0v) is 29.3. The maximum Gasteiger partial charge on any atom is 0.269 e. The molecule has 47 heavy (non-hydrogen) atoms. The first-order valence-corrected chi connectivity index (χ1v) is 18.2. The molecule has 1 aromatic carbocycles. The maximum atomic E-state index is 10.6. The molecular weight excluding hydrogens is 606 g/mol. The van der Waals surface area contributed by atoms with Crippen molar-refractivity contribution in [3.63, 3.8) is 0 Å². The van der Waals surface area contributed by atoms with Crippen molar-refractivity contribution in [1.29, 1.82) is 0 Å². The van der Waals surface area contributed by atoms with Gasteiger partial charge in [0, 0.05) is 18.7 Å². The van der Waals surface area contributed by atoms with Crippen LogP contribution in [-0.4, -0.2) is 104 Å². The first kappa shape index (κ1) is 43.2. The van der Waals surface area contributed by atoms with E-state index in [-0.39, 0.29) is 5.69 Å². The summed E-state index contributed by atoms with van der Waals surface area (Å²) in [6, 6.07) is 5.94. The van der Waals surface area contributed by atoms with E-state index in [1.807, 2.05) is 0 Å². The van der Waals surface area contributed by atoms with E-state index >= 15 is 0 Å². The van der Waals surface area contributed by atoms with Gasteiger partial charge in [-0.15, -0.1) is 0 Å². The fourth-order valence-electron chi connectivity index (χ4n) is 4.70. The molecule has 0 spiro atoms. The first-order valence-electron chi connectivity index (χ1n) is 18.2. The highest BCUT2D eigenvalue weighted by molar-refractivity contribution is 5.35. The van der Waals surface area contributed by atoms with E-state index in [9.17, 15) is 10.1 Å². The predicted octanol–water partition coefficient (Wildman–Crippen LogP) is 7.57.